The molecule has 21 heavy (non-hydrogen) atoms. The van der Waals surface area contributed by atoms with Gasteiger partial charge in [0.25, 0.3) is 11.8 Å². The normalized spacial score (nSPS) is 15.4. The number of ether oxygens (including phenoxy) is 1. The molecule has 0 fully saturated rings. The van der Waals surface area contributed by atoms with Crippen molar-refractivity contribution in [3.8, 4) is 5.75 Å². The fourth-order valence-corrected chi connectivity index (χ4v) is 3.27. The number of nitrogens with zero attached hydrogens (tertiary/aromatic N) is 1. The topological polar surface area (TPSA) is 46.6 Å². The van der Waals surface area contributed by atoms with Crippen LogP contribution in [0.15, 0.2) is 29.2 Å². The molecule has 2 rings (SSSR count). The predicted molar refractivity (Wildman–Crippen MR) is 85.0 cm³/mol. The Morgan fingerprint density at radius 1 is 1.19 bits per heavy atom. The van der Waals surface area contributed by atoms with Gasteiger partial charge in [0, 0.05) is 17.4 Å². The van der Waals surface area contributed by atoms with Crippen LogP contribution in [0, 0.1) is 0 Å². The molecule has 1 aromatic rings. The molecule has 4 nitrogen and oxygen atoms in total. The van der Waals surface area contributed by atoms with Gasteiger partial charge in [-0.3, -0.25) is 14.5 Å². The summed E-state index contributed by atoms with van der Waals surface area (Å²) in [5, 5.41) is 0.221. The molecule has 0 atom stereocenters. The van der Waals surface area contributed by atoms with Gasteiger partial charge < -0.3 is 4.74 Å². The summed E-state index contributed by atoms with van der Waals surface area (Å²) in [4.78, 5) is 26.8. The maximum absolute atomic E-state index is 12.6. The van der Waals surface area contributed by atoms with Crippen LogP contribution >= 0.6 is 11.8 Å². The van der Waals surface area contributed by atoms with Crippen LogP contribution in [0.3, 0.4) is 0 Å². The first kappa shape index (κ1) is 15.6. The van der Waals surface area contributed by atoms with Gasteiger partial charge in [-0.25, -0.2) is 0 Å². The standard InChI is InChI=1S/C16H19NO3S/c1-5-17-15(18)13(14(16(17)19)21-10(2)3)11-8-6-7-9-12(11)20-4/h6-10H,5H2,1-4H3. The number of benzene rings is 1. The van der Waals surface area contributed by atoms with Crippen LogP contribution in [0.2, 0.25) is 0 Å². The number of imide groups is 1. The summed E-state index contributed by atoms with van der Waals surface area (Å²) in [6, 6.07) is 7.30. The zero-order chi connectivity index (χ0) is 15.6. The highest BCUT2D eigenvalue weighted by molar-refractivity contribution is 8.04. The monoisotopic (exact) mass is 305 g/mol. The molecule has 0 aliphatic carbocycles. The number of methoxy groups -OCH3 is 1. The zero-order valence-electron chi connectivity index (χ0n) is 12.7. The molecule has 0 saturated heterocycles. The minimum atomic E-state index is -0.241. The Labute approximate surface area is 129 Å². The van der Waals surface area contributed by atoms with Crippen LogP contribution in [0.25, 0.3) is 5.57 Å². The van der Waals surface area contributed by atoms with Crippen LogP contribution in [0.5, 0.6) is 5.75 Å². The van der Waals surface area contributed by atoms with E-state index < -0.39 is 0 Å². The van der Waals surface area contributed by atoms with Gasteiger partial charge in [-0.2, -0.15) is 0 Å². The summed E-state index contributed by atoms with van der Waals surface area (Å²) in [6.07, 6.45) is 0. The number of rotatable bonds is 5. The van der Waals surface area contributed by atoms with Crippen molar-refractivity contribution in [2.75, 3.05) is 13.7 Å². The quantitative estimate of drug-likeness (QED) is 0.785. The first-order chi connectivity index (χ1) is 10.0. The van der Waals surface area contributed by atoms with Crippen molar-refractivity contribution in [2.45, 2.75) is 26.0 Å². The molecule has 0 unspecified atom stereocenters. The molecule has 112 valence electrons. The molecule has 0 N–H and O–H groups in total. The van der Waals surface area contributed by atoms with Crippen molar-refractivity contribution in [1.82, 2.24) is 4.90 Å². The van der Waals surface area contributed by atoms with E-state index in [1.54, 1.807) is 20.1 Å². The second kappa shape index (κ2) is 6.35. The van der Waals surface area contributed by atoms with Crippen molar-refractivity contribution in [1.29, 1.82) is 0 Å². The largest absolute Gasteiger partial charge is 0.496 e. The molecule has 1 aliphatic heterocycles. The number of hydrogen-bond acceptors (Lipinski definition) is 4. The van der Waals surface area contributed by atoms with Gasteiger partial charge >= 0.3 is 0 Å². The second-order valence-corrected chi connectivity index (χ2v) is 6.51. The molecule has 1 aromatic carbocycles. The lowest BCUT2D eigenvalue weighted by atomic mass is 10.1. The van der Waals surface area contributed by atoms with Gasteiger partial charge in [-0.05, 0) is 13.0 Å². The maximum Gasteiger partial charge on any atom is 0.267 e. The lowest BCUT2D eigenvalue weighted by molar-refractivity contribution is -0.136. The van der Waals surface area contributed by atoms with Gasteiger partial charge in [0.15, 0.2) is 0 Å². The summed E-state index contributed by atoms with van der Waals surface area (Å²) >= 11 is 1.43. The van der Waals surface area contributed by atoms with Crippen molar-refractivity contribution in [2.24, 2.45) is 0 Å². The van der Waals surface area contributed by atoms with E-state index in [1.165, 1.54) is 16.7 Å². The number of hydrogen-bond donors (Lipinski definition) is 0. The van der Waals surface area contributed by atoms with E-state index in [1.807, 2.05) is 32.0 Å². The number of likely N-dealkylation sites (N-methyl/N-ethyl adjacent to an activating group) is 1. The lowest BCUT2D eigenvalue weighted by Crippen LogP contribution is -2.31. The Balaban J connectivity index is 2.61. The molecule has 1 heterocycles. The third kappa shape index (κ3) is 2.83. The summed E-state index contributed by atoms with van der Waals surface area (Å²) in [6.45, 7) is 6.19. The lowest BCUT2D eigenvalue weighted by Gasteiger charge is -2.12. The van der Waals surface area contributed by atoms with Crippen molar-refractivity contribution < 1.29 is 14.3 Å². The third-order valence-corrected chi connectivity index (χ3v) is 4.26. The van der Waals surface area contributed by atoms with Crippen molar-refractivity contribution in [3.05, 3.63) is 34.7 Å². The highest BCUT2D eigenvalue weighted by Gasteiger charge is 2.39. The van der Waals surface area contributed by atoms with Crippen molar-refractivity contribution in [3.63, 3.8) is 0 Å². The highest BCUT2D eigenvalue weighted by Crippen LogP contribution is 2.40. The first-order valence-electron chi connectivity index (χ1n) is 6.91. The van der Waals surface area contributed by atoms with E-state index in [0.29, 0.717) is 28.3 Å². The minimum Gasteiger partial charge on any atom is -0.496 e. The fraction of sp³-hybridized carbons (Fsp3) is 0.375. The van der Waals surface area contributed by atoms with Gasteiger partial charge in [0.2, 0.25) is 0 Å². The Morgan fingerprint density at radius 3 is 2.43 bits per heavy atom. The smallest absolute Gasteiger partial charge is 0.267 e. The molecule has 0 spiro atoms. The summed E-state index contributed by atoms with van der Waals surface area (Å²) in [5.41, 5.74) is 1.13. The molecular formula is C16H19NO3S. The van der Waals surface area contributed by atoms with E-state index in [4.69, 9.17) is 4.74 Å². The van der Waals surface area contributed by atoms with Gasteiger partial charge in [-0.15, -0.1) is 11.8 Å². The van der Waals surface area contributed by atoms with Crippen LogP contribution in [0.1, 0.15) is 26.3 Å². The van der Waals surface area contributed by atoms with Crippen LogP contribution in [-0.2, 0) is 9.59 Å². The van der Waals surface area contributed by atoms with E-state index >= 15 is 0 Å². The second-order valence-electron chi connectivity index (χ2n) is 4.93. The summed E-state index contributed by atoms with van der Waals surface area (Å²) in [5.74, 6) is 0.158. The molecule has 0 saturated carbocycles. The van der Waals surface area contributed by atoms with E-state index in [9.17, 15) is 9.59 Å². The number of carbonyl (C=O) groups is 2. The number of amides is 2. The van der Waals surface area contributed by atoms with Gasteiger partial charge in [0.05, 0.1) is 17.6 Å². The fourth-order valence-electron chi connectivity index (χ4n) is 2.27. The van der Waals surface area contributed by atoms with E-state index in [0.717, 1.165) is 0 Å². The van der Waals surface area contributed by atoms with Gasteiger partial charge in [-0.1, -0.05) is 32.0 Å². The highest BCUT2D eigenvalue weighted by atomic mass is 32.2. The Bertz CT molecular complexity index is 607. The Kier molecular flexibility index (Phi) is 4.73. The first-order valence-corrected chi connectivity index (χ1v) is 7.79. The molecule has 0 bridgehead atoms. The summed E-state index contributed by atoms with van der Waals surface area (Å²) < 4.78 is 5.34. The van der Waals surface area contributed by atoms with E-state index in [2.05, 4.69) is 0 Å². The number of para-hydroxylation sites is 1. The number of thioether (sulfide) groups is 1. The van der Waals surface area contributed by atoms with Crippen molar-refractivity contribution >= 4 is 29.1 Å². The van der Waals surface area contributed by atoms with E-state index in [-0.39, 0.29) is 17.1 Å². The third-order valence-electron chi connectivity index (χ3n) is 3.17. The molecule has 5 heteroatoms. The molecule has 1 aliphatic rings. The maximum atomic E-state index is 12.6. The van der Waals surface area contributed by atoms with Crippen LogP contribution in [0.4, 0.5) is 0 Å². The Morgan fingerprint density at radius 2 is 1.86 bits per heavy atom. The average molecular weight is 305 g/mol. The predicted octanol–water partition coefficient (Wildman–Crippen LogP) is 2.94. The number of carbonyl (C=O) groups excluding carboxylic acids is 2. The Hall–Kier alpha value is -1.75. The molecule has 0 radical (unpaired) electrons. The average Bonchev–Trinajstić information content (AvgIpc) is 2.69. The molecular weight excluding hydrogens is 286 g/mol. The minimum absolute atomic E-state index is 0.206. The summed E-state index contributed by atoms with van der Waals surface area (Å²) in [7, 11) is 1.56. The SMILES string of the molecule is CCN1C(=O)C(SC(C)C)=C(c2ccccc2OC)C1=O. The zero-order valence-corrected chi connectivity index (χ0v) is 13.5. The van der Waals surface area contributed by atoms with Gasteiger partial charge in [0.1, 0.15) is 5.75 Å². The van der Waals surface area contributed by atoms with Crippen LogP contribution < -0.4 is 4.74 Å². The molecule has 2 amide bonds. The van der Waals surface area contributed by atoms with Crippen LogP contribution in [-0.4, -0.2) is 35.6 Å². The molecule has 0 aromatic heterocycles.